The molecule has 2 N–H and O–H groups in total. The maximum Gasteiger partial charge on any atom is 0.322 e. The molecule has 0 aliphatic rings. The highest BCUT2D eigenvalue weighted by Gasteiger charge is 2.14. The lowest BCUT2D eigenvalue weighted by atomic mass is 10.0. The Morgan fingerprint density at radius 2 is 0.977 bits per heavy atom. The first-order valence-electron chi connectivity index (χ1n) is 18.8. The zero-order valence-corrected chi connectivity index (χ0v) is 29.0. The largest absolute Gasteiger partial charge is 0.480 e. The molecule has 0 rings (SSSR count). The summed E-state index contributed by atoms with van der Waals surface area (Å²) in [6.07, 6.45) is 37.7. The lowest BCUT2D eigenvalue weighted by Gasteiger charge is -2.18. The smallest absolute Gasteiger partial charge is 0.322 e. The third-order valence-corrected chi connectivity index (χ3v) is 8.44. The van der Waals surface area contributed by atoms with Gasteiger partial charge in [-0.25, -0.2) is 0 Å². The number of unbranched alkanes of at least 4 members (excludes halogenated alkanes) is 21. The number of rotatable bonds is 34. The Kier molecular flexibility index (Phi) is 32.6. The van der Waals surface area contributed by atoms with E-state index in [1.807, 2.05) is 0 Å². The van der Waals surface area contributed by atoms with Crippen LogP contribution in [0.4, 0.5) is 0 Å². The fourth-order valence-electron chi connectivity index (χ4n) is 5.63. The van der Waals surface area contributed by atoms with E-state index in [0.717, 1.165) is 57.8 Å². The third kappa shape index (κ3) is 33.1. The second kappa shape index (κ2) is 34.0. The quantitative estimate of drug-likeness (QED) is 0.0423. The van der Waals surface area contributed by atoms with Crippen LogP contribution in [0, 0.1) is 0 Å². The monoisotopic (exact) mass is 622 g/mol. The molecule has 0 aliphatic carbocycles. The predicted molar refractivity (Wildman–Crippen MR) is 185 cm³/mol. The van der Waals surface area contributed by atoms with Gasteiger partial charge in [-0.15, -0.1) is 0 Å². The third-order valence-electron chi connectivity index (χ3n) is 8.44. The van der Waals surface area contributed by atoms with Crippen LogP contribution in [0.5, 0.6) is 0 Å². The molecule has 258 valence electrons. The standard InChI is InChI=1S/C38H71NO5/c1-3-5-7-9-10-11-12-13-14-15-16-17-18-19-20-21-23-29-33-38(43)44-35(30-26-22-8-6-4-2)31-27-24-25-28-32-36(40)39-34-37(41)42/h14-15,35H,3-13,16-34H2,1-2H3,(H,39,40)(H,41,42)/b15-14-. The highest BCUT2D eigenvalue weighted by atomic mass is 16.5. The summed E-state index contributed by atoms with van der Waals surface area (Å²) in [5.41, 5.74) is 0. The summed E-state index contributed by atoms with van der Waals surface area (Å²) in [7, 11) is 0. The molecule has 6 nitrogen and oxygen atoms in total. The molecule has 0 bridgehead atoms. The molecule has 0 aliphatic heterocycles. The zero-order chi connectivity index (χ0) is 32.4. The first-order chi connectivity index (χ1) is 21.5. The molecule has 0 aromatic carbocycles. The van der Waals surface area contributed by atoms with Crippen molar-refractivity contribution >= 4 is 17.8 Å². The van der Waals surface area contributed by atoms with Crippen LogP contribution in [0.15, 0.2) is 12.2 Å². The van der Waals surface area contributed by atoms with Crippen LogP contribution in [-0.4, -0.2) is 35.6 Å². The van der Waals surface area contributed by atoms with Gasteiger partial charge in [0, 0.05) is 12.8 Å². The Hall–Kier alpha value is -1.85. The number of carbonyl (C=O) groups is 3. The maximum atomic E-state index is 12.6. The average molecular weight is 622 g/mol. The summed E-state index contributed by atoms with van der Waals surface area (Å²) < 4.78 is 5.92. The van der Waals surface area contributed by atoms with Crippen molar-refractivity contribution in [2.75, 3.05) is 6.54 Å². The number of carbonyl (C=O) groups excluding carboxylic acids is 2. The Morgan fingerprint density at radius 1 is 0.568 bits per heavy atom. The molecule has 1 amide bonds. The van der Waals surface area contributed by atoms with Crippen molar-refractivity contribution in [1.82, 2.24) is 5.32 Å². The molecule has 0 radical (unpaired) electrons. The average Bonchev–Trinajstić information content (AvgIpc) is 3.00. The fourth-order valence-corrected chi connectivity index (χ4v) is 5.63. The molecule has 0 saturated heterocycles. The minimum atomic E-state index is -1.02. The van der Waals surface area contributed by atoms with E-state index in [9.17, 15) is 14.4 Å². The minimum Gasteiger partial charge on any atom is -0.480 e. The van der Waals surface area contributed by atoms with Crippen molar-refractivity contribution in [1.29, 1.82) is 0 Å². The van der Waals surface area contributed by atoms with Gasteiger partial charge in [-0.2, -0.15) is 0 Å². The van der Waals surface area contributed by atoms with Gasteiger partial charge in [0.25, 0.3) is 0 Å². The van der Waals surface area contributed by atoms with Gasteiger partial charge in [0.2, 0.25) is 5.91 Å². The van der Waals surface area contributed by atoms with E-state index in [2.05, 4.69) is 31.3 Å². The molecular weight excluding hydrogens is 550 g/mol. The van der Waals surface area contributed by atoms with E-state index in [1.165, 1.54) is 116 Å². The van der Waals surface area contributed by atoms with E-state index in [0.29, 0.717) is 12.8 Å². The van der Waals surface area contributed by atoms with Crippen LogP contribution in [0.2, 0.25) is 0 Å². The Bertz CT molecular complexity index is 693. The lowest BCUT2D eigenvalue weighted by Crippen LogP contribution is -2.28. The molecule has 0 aromatic rings. The van der Waals surface area contributed by atoms with Gasteiger partial charge in [0.05, 0.1) is 0 Å². The van der Waals surface area contributed by atoms with Crippen LogP contribution in [0.3, 0.4) is 0 Å². The SMILES string of the molecule is CCCCCCCCC/C=C\CCCCCCCCCC(=O)OC(CCCCCCC)CCCCCCC(=O)NCC(=O)O. The van der Waals surface area contributed by atoms with Crippen LogP contribution in [0.1, 0.15) is 200 Å². The molecule has 0 spiro atoms. The van der Waals surface area contributed by atoms with E-state index in [4.69, 9.17) is 9.84 Å². The Morgan fingerprint density at radius 3 is 1.45 bits per heavy atom. The summed E-state index contributed by atoms with van der Waals surface area (Å²) in [4.78, 5) is 34.7. The van der Waals surface area contributed by atoms with E-state index < -0.39 is 5.97 Å². The topological polar surface area (TPSA) is 92.7 Å². The number of amides is 1. The van der Waals surface area contributed by atoms with E-state index in [-0.39, 0.29) is 24.5 Å². The minimum absolute atomic E-state index is 0.00703. The van der Waals surface area contributed by atoms with Crippen LogP contribution >= 0.6 is 0 Å². The van der Waals surface area contributed by atoms with Crippen molar-refractivity contribution < 1.29 is 24.2 Å². The van der Waals surface area contributed by atoms with E-state index in [1.54, 1.807) is 0 Å². The maximum absolute atomic E-state index is 12.6. The van der Waals surface area contributed by atoms with Gasteiger partial charge in [0.15, 0.2) is 0 Å². The van der Waals surface area contributed by atoms with Crippen LogP contribution in [0.25, 0.3) is 0 Å². The lowest BCUT2D eigenvalue weighted by molar-refractivity contribution is -0.150. The number of aliphatic carboxylic acids is 1. The molecule has 1 atom stereocenters. The first kappa shape index (κ1) is 42.1. The normalized spacial score (nSPS) is 12.0. The second-order valence-corrected chi connectivity index (χ2v) is 12.8. The number of hydrogen-bond acceptors (Lipinski definition) is 4. The summed E-state index contributed by atoms with van der Waals surface area (Å²) in [6, 6.07) is 0. The fraction of sp³-hybridized carbons (Fsp3) is 0.868. The number of nitrogens with one attached hydrogen (secondary N) is 1. The van der Waals surface area contributed by atoms with Crippen molar-refractivity contribution in [3.8, 4) is 0 Å². The van der Waals surface area contributed by atoms with Gasteiger partial charge in [-0.3, -0.25) is 14.4 Å². The van der Waals surface area contributed by atoms with Gasteiger partial charge in [-0.1, -0.05) is 135 Å². The zero-order valence-electron chi connectivity index (χ0n) is 29.0. The van der Waals surface area contributed by atoms with Crippen molar-refractivity contribution in [3.63, 3.8) is 0 Å². The first-order valence-corrected chi connectivity index (χ1v) is 18.8. The highest BCUT2D eigenvalue weighted by molar-refractivity contribution is 5.80. The van der Waals surface area contributed by atoms with Crippen molar-refractivity contribution in [3.05, 3.63) is 12.2 Å². The van der Waals surface area contributed by atoms with Crippen molar-refractivity contribution in [2.45, 2.75) is 206 Å². The molecular formula is C38H71NO5. The number of carboxylic acids is 1. The highest BCUT2D eigenvalue weighted by Crippen LogP contribution is 2.18. The molecule has 1 unspecified atom stereocenters. The Labute approximate surface area is 271 Å². The molecule has 0 fully saturated rings. The molecule has 0 saturated carbocycles. The van der Waals surface area contributed by atoms with E-state index >= 15 is 0 Å². The molecule has 6 heteroatoms. The van der Waals surface area contributed by atoms with Gasteiger partial charge in [-0.05, 0) is 64.2 Å². The molecule has 0 heterocycles. The molecule has 0 aromatic heterocycles. The number of carboxylic acid groups (broad SMARTS) is 1. The Balaban J connectivity index is 3.88. The number of esters is 1. The summed E-state index contributed by atoms with van der Waals surface area (Å²) >= 11 is 0. The summed E-state index contributed by atoms with van der Waals surface area (Å²) in [5, 5.41) is 11.0. The number of ether oxygens (including phenoxy) is 1. The number of allylic oxidation sites excluding steroid dienone is 2. The predicted octanol–water partition coefficient (Wildman–Crippen LogP) is 11.0. The molecule has 44 heavy (non-hydrogen) atoms. The van der Waals surface area contributed by atoms with Crippen molar-refractivity contribution in [2.24, 2.45) is 0 Å². The van der Waals surface area contributed by atoms with Crippen LogP contribution in [-0.2, 0) is 19.1 Å². The van der Waals surface area contributed by atoms with Crippen LogP contribution < -0.4 is 5.32 Å². The summed E-state index contributed by atoms with van der Waals surface area (Å²) in [5.74, 6) is -1.27. The van der Waals surface area contributed by atoms with Gasteiger partial charge in [0.1, 0.15) is 12.6 Å². The van der Waals surface area contributed by atoms with Gasteiger partial charge < -0.3 is 15.2 Å². The second-order valence-electron chi connectivity index (χ2n) is 12.8. The van der Waals surface area contributed by atoms with Gasteiger partial charge >= 0.3 is 11.9 Å². The summed E-state index contributed by atoms with van der Waals surface area (Å²) in [6.45, 7) is 4.18. The number of hydrogen-bond donors (Lipinski definition) is 2.